The van der Waals surface area contributed by atoms with Crippen molar-refractivity contribution in [3.63, 3.8) is 0 Å². The number of amides is 1. The van der Waals surface area contributed by atoms with Crippen LogP contribution in [0.2, 0.25) is 5.02 Å². The number of likely N-dealkylation sites (N-methyl/N-ethyl adjacent to an activating group) is 1. The molecule has 1 unspecified atom stereocenters. The Labute approximate surface area is 254 Å². The number of aryl methyl sites for hydroxylation is 2. The van der Waals surface area contributed by atoms with E-state index in [9.17, 15) is 28.3 Å². The number of rotatable bonds is 12. The minimum atomic E-state index is -1.39. The van der Waals surface area contributed by atoms with E-state index >= 15 is 4.39 Å². The normalized spacial score (nSPS) is 12.9. The molecule has 11 heteroatoms. The van der Waals surface area contributed by atoms with Crippen molar-refractivity contribution >= 4 is 23.5 Å². The summed E-state index contributed by atoms with van der Waals surface area (Å²) >= 11 is 6.26. The van der Waals surface area contributed by atoms with Gasteiger partial charge in [-0.3, -0.25) is 14.4 Å². The highest BCUT2D eigenvalue weighted by molar-refractivity contribution is 6.31. The molecule has 0 radical (unpaired) electrons. The minimum Gasteiger partial charge on any atom is -0.481 e. The first-order valence-corrected chi connectivity index (χ1v) is 14.3. The molecule has 7 nitrogen and oxygen atoms in total. The van der Waals surface area contributed by atoms with Gasteiger partial charge in [0.05, 0.1) is 17.5 Å². The molecule has 1 heterocycles. The zero-order valence-corrected chi connectivity index (χ0v) is 25.9. The van der Waals surface area contributed by atoms with Crippen LogP contribution in [0, 0.1) is 37.2 Å². The summed E-state index contributed by atoms with van der Waals surface area (Å²) in [6.07, 6.45) is 1.27. The second-order valence-electron chi connectivity index (χ2n) is 11.5. The van der Waals surface area contributed by atoms with Gasteiger partial charge < -0.3 is 19.9 Å². The summed E-state index contributed by atoms with van der Waals surface area (Å²) in [5, 5.41) is 12.0. The number of nitrogens with zero attached hydrogens (tertiary/aromatic N) is 2. The van der Waals surface area contributed by atoms with Gasteiger partial charge in [0.1, 0.15) is 17.7 Å². The van der Waals surface area contributed by atoms with Gasteiger partial charge in [0.15, 0.2) is 5.82 Å². The molecule has 0 bridgehead atoms. The standard InChI is InChI=1S/C32H37ClF3N3O4/c1-17(2)9-27(39-16-20(7-8-38(5)6)12-25(35)32(39)43)31(42)37-26(15-28(40)41)23-13-21(14-24(33)30(23)36)29-18(3)10-22(34)11-19(29)4/h10-14,16-17,26-27H,7-9,15H2,1-6H3,(H,37,42)(H,40,41)/t26-,27?/m0/s1. The highest BCUT2D eigenvalue weighted by Gasteiger charge is 2.30. The first-order valence-electron chi connectivity index (χ1n) is 13.9. The van der Waals surface area contributed by atoms with E-state index in [1.807, 2.05) is 32.8 Å². The lowest BCUT2D eigenvalue weighted by Gasteiger charge is -2.26. The van der Waals surface area contributed by atoms with E-state index < -0.39 is 53.4 Å². The number of carboxylic acids is 1. The average molecular weight is 620 g/mol. The van der Waals surface area contributed by atoms with Crippen molar-refractivity contribution in [3.05, 3.63) is 91.6 Å². The molecule has 2 atom stereocenters. The van der Waals surface area contributed by atoms with Gasteiger partial charge >= 0.3 is 5.97 Å². The lowest BCUT2D eigenvalue weighted by Crippen LogP contribution is -2.41. The van der Waals surface area contributed by atoms with E-state index in [0.717, 1.165) is 10.6 Å². The first-order chi connectivity index (χ1) is 20.1. The third-order valence-electron chi connectivity index (χ3n) is 7.15. The fraction of sp³-hybridized carbons (Fsp3) is 0.406. The van der Waals surface area contributed by atoms with Crippen molar-refractivity contribution in [1.29, 1.82) is 0 Å². The second kappa shape index (κ2) is 14.2. The maximum Gasteiger partial charge on any atom is 0.305 e. The van der Waals surface area contributed by atoms with Crippen LogP contribution in [0.25, 0.3) is 11.1 Å². The Morgan fingerprint density at radius 2 is 1.67 bits per heavy atom. The van der Waals surface area contributed by atoms with Crippen LogP contribution in [0.5, 0.6) is 0 Å². The number of aliphatic carboxylic acids is 1. The smallest absolute Gasteiger partial charge is 0.305 e. The Kier molecular flexibility index (Phi) is 11.2. The number of carbonyl (C=O) groups is 2. The van der Waals surface area contributed by atoms with Gasteiger partial charge in [-0.1, -0.05) is 25.4 Å². The van der Waals surface area contributed by atoms with Crippen molar-refractivity contribution in [2.24, 2.45) is 5.92 Å². The molecular formula is C32H37ClF3N3O4. The Hall–Kier alpha value is -3.63. The zero-order valence-electron chi connectivity index (χ0n) is 25.1. The van der Waals surface area contributed by atoms with Crippen LogP contribution in [0.3, 0.4) is 0 Å². The van der Waals surface area contributed by atoms with Crippen molar-refractivity contribution in [1.82, 2.24) is 14.8 Å². The fourth-order valence-corrected chi connectivity index (χ4v) is 5.42. The Morgan fingerprint density at radius 1 is 1.05 bits per heavy atom. The molecule has 0 spiro atoms. The predicted octanol–water partition coefficient (Wildman–Crippen LogP) is 6.23. The quantitative estimate of drug-likeness (QED) is 0.251. The summed E-state index contributed by atoms with van der Waals surface area (Å²) in [6, 6.07) is 3.91. The predicted molar refractivity (Wildman–Crippen MR) is 161 cm³/mol. The molecule has 0 saturated heterocycles. The number of carboxylic acid groups (broad SMARTS) is 1. The van der Waals surface area contributed by atoms with Crippen LogP contribution >= 0.6 is 11.6 Å². The summed E-state index contributed by atoms with van der Waals surface area (Å²) < 4.78 is 45.3. The molecule has 2 N–H and O–H groups in total. The summed E-state index contributed by atoms with van der Waals surface area (Å²) in [5.74, 6) is -4.61. The number of benzene rings is 2. The van der Waals surface area contributed by atoms with Gasteiger partial charge in [0.2, 0.25) is 5.91 Å². The molecule has 0 saturated carbocycles. The van der Waals surface area contributed by atoms with Crippen LogP contribution in [0.4, 0.5) is 13.2 Å². The molecule has 0 aliphatic carbocycles. The van der Waals surface area contributed by atoms with Gasteiger partial charge in [0, 0.05) is 18.3 Å². The van der Waals surface area contributed by atoms with E-state index in [2.05, 4.69) is 5.32 Å². The van der Waals surface area contributed by atoms with Crippen LogP contribution < -0.4 is 10.9 Å². The molecule has 3 rings (SSSR count). The number of hydrogen-bond acceptors (Lipinski definition) is 4. The van der Waals surface area contributed by atoms with Crippen molar-refractivity contribution in [3.8, 4) is 11.1 Å². The number of aromatic nitrogens is 1. The lowest BCUT2D eigenvalue weighted by molar-refractivity contribution is -0.138. The molecule has 2 aromatic carbocycles. The fourth-order valence-electron chi connectivity index (χ4n) is 5.19. The third kappa shape index (κ3) is 8.48. The largest absolute Gasteiger partial charge is 0.481 e. The molecule has 43 heavy (non-hydrogen) atoms. The van der Waals surface area contributed by atoms with Gasteiger partial charge in [-0.05, 0) is 105 Å². The molecule has 232 valence electrons. The molecule has 1 aromatic heterocycles. The van der Waals surface area contributed by atoms with Crippen LogP contribution in [0.1, 0.15) is 61.0 Å². The monoisotopic (exact) mass is 619 g/mol. The molecule has 0 aliphatic heterocycles. The number of halogens is 4. The minimum absolute atomic E-state index is 0.118. The Morgan fingerprint density at radius 3 is 2.23 bits per heavy atom. The molecule has 3 aromatic rings. The van der Waals surface area contributed by atoms with E-state index in [1.165, 1.54) is 30.5 Å². The van der Waals surface area contributed by atoms with Crippen LogP contribution in [0.15, 0.2) is 41.3 Å². The maximum absolute atomic E-state index is 15.5. The summed E-state index contributed by atoms with van der Waals surface area (Å²) in [4.78, 5) is 40.5. The Bertz CT molecular complexity index is 1550. The molecule has 0 aliphatic rings. The highest BCUT2D eigenvalue weighted by Crippen LogP contribution is 2.36. The number of carbonyl (C=O) groups excluding carboxylic acids is 1. The summed E-state index contributed by atoms with van der Waals surface area (Å²) in [6.45, 7) is 7.58. The van der Waals surface area contributed by atoms with Crippen molar-refractivity contribution < 1.29 is 27.9 Å². The number of nitrogens with one attached hydrogen (secondary N) is 1. The number of hydrogen-bond donors (Lipinski definition) is 2. The summed E-state index contributed by atoms with van der Waals surface area (Å²) in [7, 11) is 3.70. The number of pyridine rings is 1. The van der Waals surface area contributed by atoms with Crippen molar-refractivity contribution in [2.45, 2.75) is 59.0 Å². The zero-order chi connectivity index (χ0) is 32.2. The molecule has 1 amide bonds. The topological polar surface area (TPSA) is 91.6 Å². The van der Waals surface area contributed by atoms with Crippen LogP contribution in [-0.4, -0.2) is 47.1 Å². The highest BCUT2D eigenvalue weighted by atomic mass is 35.5. The second-order valence-corrected chi connectivity index (χ2v) is 11.9. The van der Waals surface area contributed by atoms with Gasteiger partial charge in [-0.2, -0.15) is 0 Å². The van der Waals surface area contributed by atoms with E-state index in [-0.39, 0.29) is 22.9 Å². The average Bonchev–Trinajstić information content (AvgIpc) is 2.88. The van der Waals surface area contributed by atoms with Crippen LogP contribution in [-0.2, 0) is 16.0 Å². The van der Waals surface area contributed by atoms with E-state index in [0.29, 0.717) is 40.8 Å². The third-order valence-corrected chi connectivity index (χ3v) is 7.42. The van der Waals surface area contributed by atoms with E-state index in [1.54, 1.807) is 13.8 Å². The first kappa shape index (κ1) is 33.9. The Balaban J connectivity index is 2.11. The van der Waals surface area contributed by atoms with E-state index in [4.69, 9.17) is 11.6 Å². The maximum atomic E-state index is 15.5. The van der Waals surface area contributed by atoms with Gasteiger partial charge in [-0.15, -0.1) is 0 Å². The SMILES string of the molecule is Cc1cc(F)cc(C)c1-c1cc(Cl)c(F)c([C@H](CC(=O)O)NC(=O)C(CC(C)C)n2cc(CCN(C)C)cc(F)c2=O)c1. The molecular weight excluding hydrogens is 583 g/mol. The lowest BCUT2D eigenvalue weighted by atomic mass is 9.92. The van der Waals surface area contributed by atoms with Crippen molar-refractivity contribution in [2.75, 3.05) is 20.6 Å². The summed E-state index contributed by atoms with van der Waals surface area (Å²) in [5.41, 5.74) is 1.41. The molecule has 0 fully saturated rings. The van der Waals surface area contributed by atoms with Gasteiger partial charge in [0.25, 0.3) is 5.56 Å². The van der Waals surface area contributed by atoms with Gasteiger partial charge in [-0.25, -0.2) is 13.2 Å².